The van der Waals surface area contributed by atoms with E-state index in [9.17, 15) is 8.42 Å². The normalized spacial score (nSPS) is 14.9. The number of ether oxygens (including phenoxy) is 2. The summed E-state index contributed by atoms with van der Waals surface area (Å²) >= 11 is 5.89. The van der Waals surface area contributed by atoms with E-state index >= 15 is 0 Å². The molecule has 0 unspecified atom stereocenters. The Hall–Kier alpha value is -1.60. The van der Waals surface area contributed by atoms with Gasteiger partial charge in [-0.3, -0.25) is 0 Å². The maximum absolute atomic E-state index is 12.6. The van der Waals surface area contributed by atoms with E-state index in [4.69, 9.17) is 21.1 Å². The lowest BCUT2D eigenvalue weighted by Gasteiger charge is -2.19. The summed E-state index contributed by atoms with van der Waals surface area (Å²) in [5.41, 5.74) is 2.92. The van der Waals surface area contributed by atoms with Crippen molar-refractivity contribution in [2.45, 2.75) is 39.5 Å². The molecule has 1 aliphatic heterocycles. The Bertz CT molecular complexity index is 884. The summed E-state index contributed by atoms with van der Waals surface area (Å²) in [4.78, 5) is 0. The summed E-state index contributed by atoms with van der Waals surface area (Å²) < 4.78 is 38.3. The third kappa shape index (κ3) is 5.70. The Kier molecular flexibility index (Phi) is 7.35. The monoisotopic (exact) mass is 423 g/mol. The Morgan fingerprint density at radius 3 is 2.57 bits per heavy atom. The number of hydrogen-bond donors (Lipinski definition) is 0. The highest BCUT2D eigenvalue weighted by Gasteiger charge is 2.25. The molecule has 28 heavy (non-hydrogen) atoms. The highest BCUT2D eigenvalue weighted by molar-refractivity contribution is 7.89. The smallest absolute Gasteiger partial charge is 0.214 e. The topological polar surface area (TPSA) is 55.8 Å². The largest absolute Gasteiger partial charge is 0.492 e. The van der Waals surface area contributed by atoms with Gasteiger partial charge in [0.15, 0.2) is 0 Å². The minimum atomic E-state index is -3.27. The molecule has 152 valence electrons. The minimum Gasteiger partial charge on any atom is -0.492 e. The quantitative estimate of drug-likeness (QED) is 0.632. The third-order valence-electron chi connectivity index (χ3n) is 4.67. The molecule has 0 bridgehead atoms. The Labute approximate surface area is 172 Å². The fraction of sp³-hybridized carbons (Fsp3) is 0.429. The van der Waals surface area contributed by atoms with Crippen molar-refractivity contribution in [3.05, 3.63) is 64.2 Å². The number of benzene rings is 2. The lowest BCUT2D eigenvalue weighted by molar-refractivity contribution is 0.107. The van der Waals surface area contributed by atoms with Crippen LogP contribution in [0.25, 0.3) is 0 Å². The van der Waals surface area contributed by atoms with Gasteiger partial charge in [-0.1, -0.05) is 43.1 Å². The van der Waals surface area contributed by atoms with Crippen LogP contribution in [-0.2, 0) is 34.5 Å². The van der Waals surface area contributed by atoms with Gasteiger partial charge in [0, 0.05) is 23.7 Å². The fourth-order valence-electron chi connectivity index (χ4n) is 3.07. The zero-order valence-corrected chi connectivity index (χ0v) is 17.6. The van der Waals surface area contributed by atoms with Gasteiger partial charge in [-0.2, -0.15) is 4.31 Å². The summed E-state index contributed by atoms with van der Waals surface area (Å²) in [5.74, 6) is 0.928. The van der Waals surface area contributed by atoms with Gasteiger partial charge in [0.2, 0.25) is 10.0 Å². The molecule has 0 saturated carbocycles. The number of unbranched alkanes of at least 4 members (excludes halogenated alkanes) is 1. The zero-order chi connectivity index (χ0) is 20.0. The van der Waals surface area contributed by atoms with Crippen LogP contribution >= 0.6 is 11.6 Å². The lowest BCUT2D eigenvalue weighted by atomic mass is 10.1. The van der Waals surface area contributed by atoms with Gasteiger partial charge in [-0.05, 0) is 41.8 Å². The molecule has 2 aromatic carbocycles. The van der Waals surface area contributed by atoms with Crippen LogP contribution in [0.2, 0.25) is 5.02 Å². The van der Waals surface area contributed by atoms with Crippen molar-refractivity contribution in [2.75, 3.05) is 18.9 Å². The molecule has 0 N–H and O–H groups in total. The van der Waals surface area contributed by atoms with Crippen molar-refractivity contribution in [1.29, 1.82) is 0 Å². The van der Waals surface area contributed by atoms with Crippen molar-refractivity contribution >= 4 is 21.6 Å². The second-order valence-electron chi connectivity index (χ2n) is 6.91. The van der Waals surface area contributed by atoms with E-state index in [2.05, 4.69) is 0 Å². The van der Waals surface area contributed by atoms with Gasteiger partial charge in [0.1, 0.15) is 12.4 Å². The van der Waals surface area contributed by atoms with Crippen LogP contribution in [0.3, 0.4) is 0 Å². The standard InChI is InChI=1S/C21H26ClNO4S/c1-2-3-12-28(24,25)23-10-11-27-21-9-6-18(13-19(21)14-23)16-26-15-17-4-7-20(22)8-5-17/h4-9,13H,2-3,10-12,14-16H2,1H3. The molecule has 0 aliphatic carbocycles. The number of hydrogen-bond acceptors (Lipinski definition) is 4. The van der Waals surface area contributed by atoms with Crippen LogP contribution in [0, 0.1) is 0 Å². The number of sulfonamides is 1. The van der Waals surface area contributed by atoms with Crippen LogP contribution < -0.4 is 4.74 Å². The van der Waals surface area contributed by atoms with Crippen LogP contribution in [0.5, 0.6) is 5.75 Å². The molecule has 0 amide bonds. The van der Waals surface area contributed by atoms with Crippen LogP contribution in [0.1, 0.15) is 36.5 Å². The second-order valence-corrected chi connectivity index (χ2v) is 9.44. The van der Waals surface area contributed by atoms with Crippen molar-refractivity contribution < 1.29 is 17.9 Å². The van der Waals surface area contributed by atoms with Crippen LogP contribution in [0.15, 0.2) is 42.5 Å². The van der Waals surface area contributed by atoms with Gasteiger partial charge in [0.25, 0.3) is 0 Å². The van der Waals surface area contributed by atoms with E-state index in [1.54, 1.807) is 0 Å². The van der Waals surface area contributed by atoms with Crippen molar-refractivity contribution in [3.8, 4) is 5.75 Å². The molecular weight excluding hydrogens is 398 g/mol. The Morgan fingerprint density at radius 1 is 1.11 bits per heavy atom. The van der Waals surface area contributed by atoms with Crippen LogP contribution in [-0.4, -0.2) is 31.6 Å². The molecule has 3 rings (SSSR count). The zero-order valence-electron chi connectivity index (χ0n) is 16.1. The molecule has 0 saturated heterocycles. The molecule has 0 fully saturated rings. The summed E-state index contributed by atoms with van der Waals surface area (Å²) in [5, 5.41) is 0.702. The predicted molar refractivity (Wildman–Crippen MR) is 111 cm³/mol. The van der Waals surface area contributed by atoms with Crippen molar-refractivity contribution in [3.63, 3.8) is 0 Å². The highest BCUT2D eigenvalue weighted by Crippen LogP contribution is 2.26. The second kappa shape index (κ2) is 9.74. The van der Waals surface area contributed by atoms with Crippen molar-refractivity contribution in [1.82, 2.24) is 4.31 Å². The van der Waals surface area contributed by atoms with Gasteiger partial charge in [-0.15, -0.1) is 0 Å². The molecule has 7 heteroatoms. The molecule has 0 radical (unpaired) electrons. The molecule has 0 atom stereocenters. The predicted octanol–water partition coefficient (Wildman–Crippen LogP) is 4.38. The SMILES string of the molecule is CCCCS(=O)(=O)N1CCOc2ccc(COCc3ccc(Cl)cc3)cc2C1. The molecule has 5 nitrogen and oxygen atoms in total. The molecule has 1 aliphatic rings. The number of halogens is 1. The molecule has 0 aromatic heterocycles. The summed E-state index contributed by atoms with van der Waals surface area (Å²) in [6.45, 7) is 4.01. The van der Waals surface area contributed by atoms with E-state index in [-0.39, 0.29) is 5.75 Å². The van der Waals surface area contributed by atoms with E-state index in [0.29, 0.717) is 44.4 Å². The third-order valence-corrected chi connectivity index (χ3v) is 6.82. The average molecular weight is 424 g/mol. The molecule has 0 spiro atoms. The van der Waals surface area contributed by atoms with E-state index in [1.807, 2.05) is 49.4 Å². The van der Waals surface area contributed by atoms with E-state index in [1.165, 1.54) is 4.31 Å². The first kappa shape index (κ1) is 21.1. The molecule has 1 heterocycles. The minimum absolute atomic E-state index is 0.183. The maximum atomic E-state index is 12.6. The molecular formula is C21H26ClNO4S. The molecule has 2 aromatic rings. The Balaban J connectivity index is 1.65. The van der Waals surface area contributed by atoms with Gasteiger partial charge < -0.3 is 9.47 Å². The summed E-state index contributed by atoms with van der Waals surface area (Å²) in [7, 11) is -3.27. The first-order valence-electron chi connectivity index (χ1n) is 9.52. The fourth-order valence-corrected chi connectivity index (χ4v) is 4.80. The van der Waals surface area contributed by atoms with E-state index in [0.717, 1.165) is 28.9 Å². The van der Waals surface area contributed by atoms with E-state index < -0.39 is 10.0 Å². The average Bonchev–Trinajstić information content (AvgIpc) is 2.90. The summed E-state index contributed by atoms with van der Waals surface area (Å²) in [6, 6.07) is 13.4. The van der Waals surface area contributed by atoms with Crippen molar-refractivity contribution in [2.24, 2.45) is 0 Å². The first-order chi connectivity index (χ1) is 13.5. The van der Waals surface area contributed by atoms with Crippen LogP contribution in [0.4, 0.5) is 0 Å². The number of fused-ring (bicyclic) bond motifs is 1. The number of nitrogens with zero attached hydrogens (tertiary/aromatic N) is 1. The van der Waals surface area contributed by atoms with Gasteiger partial charge in [-0.25, -0.2) is 8.42 Å². The van der Waals surface area contributed by atoms with Gasteiger partial charge in [0.05, 0.1) is 19.0 Å². The Morgan fingerprint density at radius 2 is 1.82 bits per heavy atom. The number of rotatable bonds is 8. The van der Waals surface area contributed by atoms with Gasteiger partial charge >= 0.3 is 0 Å². The maximum Gasteiger partial charge on any atom is 0.214 e. The summed E-state index contributed by atoms with van der Waals surface area (Å²) in [6.07, 6.45) is 1.53. The highest BCUT2D eigenvalue weighted by atomic mass is 35.5. The first-order valence-corrected chi connectivity index (χ1v) is 11.5. The lowest BCUT2D eigenvalue weighted by Crippen LogP contribution is -2.34.